The van der Waals surface area contributed by atoms with Gasteiger partial charge in [0.15, 0.2) is 11.6 Å². The van der Waals surface area contributed by atoms with Crippen LogP contribution in [0, 0.1) is 7.43 Å². The van der Waals surface area contributed by atoms with Gasteiger partial charge in [-0.2, -0.15) is 0 Å². The Morgan fingerprint density at radius 1 is 0.966 bits per heavy atom. The van der Waals surface area contributed by atoms with Gasteiger partial charge in [-0.15, -0.1) is 0 Å². The zero-order valence-electron chi connectivity index (χ0n) is 16.0. The van der Waals surface area contributed by atoms with E-state index in [-0.39, 0.29) is 41.4 Å². The molecule has 0 aromatic heterocycles. The number of carbonyl (C=O) groups excluding carboxylic acids is 2. The second-order valence-corrected chi connectivity index (χ2v) is 8.57. The van der Waals surface area contributed by atoms with Gasteiger partial charge >= 0.3 is 0 Å². The Hall–Kier alpha value is -2.84. The molecule has 0 radical (unpaired) electrons. The van der Waals surface area contributed by atoms with Crippen LogP contribution in [0.4, 0.5) is 11.4 Å². The molecule has 0 bridgehead atoms. The molecule has 0 unspecified atom stereocenters. The van der Waals surface area contributed by atoms with Crippen LogP contribution in [0.15, 0.2) is 35.2 Å². The molecular formula is C21H22N2O5S. The van der Waals surface area contributed by atoms with Crippen molar-refractivity contribution >= 4 is 33.1 Å². The third kappa shape index (κ3) is 3.49. The normalized spacial score (nSPS) is 16.6. The van der Waals surface area contributed by atoms with E-state index in [1.165, 1.54) is 6.07 Å². The number of nitrogens with two attached hydrogens (primary N) is 1. The van der Waals surface area contributed by atoms with Gasteiger partial charge in [-0.05, 0) is 18.9 Å². The van der Waals surface area contributed by atoms with Crippen molar-refractivity contribution in [2.75, 3.05) is 11.1 Å². The van der Waals surface area contributed by atoms with Gasteiger partial charge in [-0.3, -0.25) is 9.59 Å². The van der Waals surface area contributed by atoms with E-state index in [1.807, 2.05) is 0 Å². The average Bonchev–Trinajstić information content (AvgIpc) is 2.67. The summed E-state index contributed by atoms with van der Waals surface area (Å²) in [6, 6.07) is 7.44. The summed E-state index contributed by atoms with van der Waals surface area (Å²) in [6.07, 6.45) is 4.85. The first-order chi connectivity index (χ1) is 13.3. The molecule has 2 aliphatic rings. The molecule has 0 saturated heterocycles. The molecular weight excluding hydrogens is 392 g/mol. The van der Waals surface area contributed by atoms with Crippen molar-refractivity contribution in [3.05, 3.63) is 60.0 Å². The van der Waals surface area contributed by atoms with E-state index >= 15 is 0 Å². The minimum Gasteiger partial charge on any atom is -0.744 e. The van der Waals surface area contributed by atoms with Gasteiger partial charge in [0, 0.05) is 30.3 Å². The Balaban J connectivity index is 0.00000240. The van der Waals surface area contributed by atoms with Crippen molar-refractivity contribution in [1.82, 2.24) is 0 Å². The summed E-state index contributed by atoms with van der Waals surface area (Å²) in [5.74, 6) is -0.968. The van der Waals surface area contributed by atoms with E-state index in [4.69, 9.17) is 5.73 Å². The molecule has 1 saturated carbocycles. The average molecular weight is 414 g/mol. The maximum absolute atomic E-state index is 13.2. The quantitative estimate of drug-likeness (QED) is 0.382. The Morgan fingerprint density at radius 2 is 1.52 bits per heavy atom. The number of ketones is 2. The largest absolute Gasteiger partial charge is 0.744 e. The summed E-state index contributed by atoms with van der Waals surface area (Å²) in [5, 5.41) is 3.20. The molecule has 2 aliphatic carbocycles. The number of hydrogen-bond acceptors (Lipinski definition) is 7. The van der Waals surface area contributed by atoms with Crippen LogP contribution in [0.1, 0.15) is 63.9 Å². The van der Waals surface area contributed by atoms with E-state index in [2.05, 4.69) is 5.32 Å². The summed E-state index contributed by atoms with van der Waals surface area (Å²) in [6.45, 7) is 0. The number of carbonyl (C=O) groups is 2. The maximum Gasteiger partial charge on any atom is 0.196 e. The van der Waals surface area contributed by atoms with Gasteiger partial charge in [0.05, 0.1) is 21.7 Å². The number of rotatable bonds is 3. The Kier molecular flexibility index (Phi) is 5.42. The second-order valence-electron chi connectivity index (χ2n) is 7.22. The fourth-order valence-corrected chi connectivity index (χ4v) is 4.71. The summed E-state index contributed by atoms with van der Waals surface area (Å²) >= 11 is 0. The first-order valence-corrected chi connectivity index (χ1v) is 10.6. The van der Waals surface area contributed by atoms with Crippen molar-refractivity contribution in [2.45, 2.75) is 43.0 Å². The Bertz CT molecular complexity index is 1100. The molecule has 0 amide bonds. The SMILES string of the molecule is Nc1c(S(=O)(=O)[O-])cc(NC2CCCCC2)c2c1C(=O)c1ccccc1C2=O.[CH3+]. The molecule has 2 aromatic rings. The van der Waals surface area contributed by atoms with Gasteiger partial charge in [-0.25, -0.2) is 8.42 Å². The highest BCUT2D eigenvalue weighted by atomic mass is 32.2. The van der Waals surface area contributed by atoms with Crippen molar-refractivity contribution in [2.24, 2.45) is 0 Å². The molecule has 7 nitrogen and oxygen atoms in total. The van der Waals surface area contributed by atoms with Crippen LogP contribution < -0.4 is 11.1 Å². The van der Waals surface area contributed by atoms with Crippen LogP contribution in [-0.4, -0.2) is 30.6 Å². The lowest BCUT2D eigenvalue weighted by Crippen LogP contribution is -2.28. The predicted molar refractivity (Wildman–Crippen MR) is 109 cm³/mol. The predicted octanol–water partition coefficient (Wildman–Crippen LogP) is 3.14. The summed E-state index contributed by atoms with van der Waals surface area (Å²) in [5.41, 5.74) is 5.86. The van der Waals surface area contributed by atoms with Crippen molar-refractivity contribution in [3.8, 4) is 0 Å². The van der Waals surface area contributed by atoms with Crippen LogP contribution in [0.5, 0.6) is 0 Å². The van der Waals surface area contributed by atoms with Crippen molar-refractivity contribution in [3.63, 3.8) is 0 Å². The van der Waals surface area contributed by atoms with Gasteiger partial charge in [-0.1, -0.05) is 43.5 Å². The number of nitrogen functional groups attached to an aromatic ring is 1. The second kappa shape index (κ2) is 7.53. The lowest BCUT2D eigenvalue weighted by Gasteiger charge is -2.29. The molecule has 0 aliphatic heterocycles. The van der Waals surface area contributed by atoms with E-state index in [0.29, 0.717) is 0 Å². The minimum atomic E-state index is -4.93. The zero-order valence-corrected chi connectivity index (χ0v) is 16.8. The van der Waals surface area contributed by atoms with Crippen LogP contribution in [0.2, 0.25) is 0 Å². The fraction of sp³-hybridized carbons (Fsp3) is 0.286. The number of benzene rings is 2. The van der Waals surface area contributed by atoms with Crippen molar-refractivity contribution < 1.29 is 22.6 Å². The highest BCUT2D eigenvalue weighted by Gasteiger charge is 2.35. The topological polar surface area (TPSA) is 129 Å². The fourth-order valence-electron chi connectivity index (χ4n) is 4.08. The lowest BCUT2D eigenvalue weighted by atomic mass is 9.82. The van der Waals surface area contributed by atoms with Crippen LogP contribution in [0.3, 0.4) is 0 Å². The van der Waals surface area contributed by atoms with Gasteiger partial charge in [0.25, 0.3) is 0 Å². The molecule has 1 fully saturated rings. The number of fused-ring (bicyclic) bond motifs is 2. The van der Waals surface area contributed by atoms with Gasteiger partial charge in [0.1, 0.15) is 10.1 Å². The highest BCUT2D eigenvalue weighted by molar-refractivity contribution is 7.86. The molecule has 4 rings (SSSR count). The van der Waals surface area contributed by atoms with Gasteiger partial charge in [0.2, 0.25) is 0 Å². The highest BCUT2D eigenvalue weighted by Crippen LogP contribution is 2.39. The number of anilines is 2. The Morgan fingerprint density at radius 3 is 2.07 bits per heavy atom. The molecule has 8 heteroatoms. The van der Waals surface area contributed by atoms with E-state index < -0.39 is 32.3 Å². The molecule has 2 aromatic carbocycles. The molecule has 0 atom stereocenters. The third-order valence-corrected chi connectivity index (χ3v) is 6.31. The summed E-state index contributed by atoms with van der Waals surface area (Å²) in [7, 11) is -4.93. The number of hydrogen-bond donors (Lipinski definition) is 2. The minimum absolute atomic E-state index is 0. The monoisotopic (exact) mass is 414 g/mol. The molecule has 0 spiro atoms. The first kappa shape index (κ1) is 20.9. The zero-order chi connectivity index (χ0) is 20.1. The van der Waals surface area contributed by atoms with Crippen LogP contribution >= 0.6 is 0 Å². The van der Waals surface area contributed by atoms with E-state index in [9.17, 15) is 22.6 Å². The van der Waals surface area contributed by atoms with E-state index in [1.54, 1.807) is 18.2 Å². The lowest BCUT2D eigenvalue weighted by molar-refractivity contribution is 0.0980. The van der Waals surface area contributed by atoms with Gasteiger partial charge < -0.3 is 15.6 Å². The van der Waals surface area contributed by atoms with Crippen molar-refractivity contribution in [1.29, 1.82) is 0 Å². The molecule has 3 N–H and O–H groups in total. The van der Waals surface area contributed by atoms with Crippen LogP contribution in [-0.2, 0) is 10.1 Å². The number of nitrogens with one attached hydrogen (secondary N) is 1. The molecule has 152 valence electrons. The Labute approximate surface area is 170 Å². The molecule has 0 heterocycles. The third-order valence-electron chi connectivity index (χ3n) is 5.43. The van der Waals surface area contributed by atoms with E-state index in [0.717, 1.165) is 38.2 Å². The smallest absolute Gasteiger partial charge is 0.196 e. The maximum atomic E-state index is 13.2. The molecule has 29 heavy (non-hydrogen) atoms. The summed E-state index contributed by atoms with van der Waals surface area (Å²) in [4.78, 5) is 25.5. The summed E-state index contributed by atoms with van der Waals surface area (Å²) < 4.78 is 35.3. The van der Waals surface area contributed by atoms with Crippen LogP contribution in [0.25, 0.3) is 0 Å². The first-order valence-electron chi connectivity index (χ1n) is 9.16. The standard InChI is InChI=1S/C20H20N2O5S.CH3/c21-18-15(28(25,26)27)10-14(22-11-6-2-1-3-7-11)16-17(18)20(24)13-9-5-4-8-12(13)19(16)23;/h4-5,8-11,22H,1-3,6-7,21H2,(H,25,26,27);1H3/q;+1/p-1.